The zero-order chi connectivity index (χ0) is 9.73. The Morgan fingerprint density at radius 1 is 1.38 bits per heavy atom. The Balaban J connectivity index is 2.81. The molecule has 0 aromatic rings. The van der Waals surface area contributed by atoms with Crippen LogP contribution < -0.4 is 0 Å². The second kappa shape index (κ2) is 4.99. The molecule has 0 aromatic carbocycles. The van der Waals surface area contributed by atoms with E-state index < -0.39 is 5.79 Å². The lowest BCUT2D eigenvalue weighted by atomic mass is 9.88. The third kappa shape index (κ3) is 2.25. The highest BCUT2D eigenvalue weighted by molar-refractivity contribution is 6.18. The number of hydrogen-bond donors (Lipinski definition) is 0. The van der Waals surface area contributed by atoms with Crippen molar-refractivity contribution in [2.24, 2.45) is 0 Å². The molecule has 0 radical (unpaired) electrons. The van der Waals surface area contributed by atoms with Crippen molar-refractivity contribution in [1.29, 1.82) is 0 Å². The molecule has 76 valence electrons. The second-order valence-corrected chi connectivity index (χ2v) is 3.56. The minimum atomic E-state index is -0.493. The lowest BCUT2D eigenvalue weighted by Gasteiger charge is -2.37. The first-order valence-electron chi connectivity index (χ1n) is 4.65. The van der Waals surface area contributed by atoms with Gasteiger partial charge < -0.3 is 9.47 Å². The van der Waals surface area contributed by atoms with Crippen LogP contribution in [0.15, 0.2) is 11.6 Å². The Labute approximate surface area is 84.9 Å². The summed E-state index contributed by atoms with van der Waals surface area (Å²) in [4.78, 5) is 0. The monoisotopic (exact) mass is 204 g/mol. The van der Waals surface area contributed by atoms with Gasteiger partial charge in [-0.15, -0.1) is 11.6 Å². The molecular weight excluding hydrogens is 188 g/mol. The van der Waals surface area contributed by atoms with Gasteiger partial charge in [0.05, 0.1) is 0 Å². The third-order valence-corrected chi connectivity index (χ3v) is 2.83. The summed E-state index contributed by atoms with van der Waals surface area (Å²) in [6.45, 7) is 0. The molecule has 13 heavy (non-hydrogen) atoms. The SMILES string of the molecule is COC1(OC)CCCC/C1=C\CCl. The molecule has 2 nitrogen and oxygen atoms in total. The fourth-order valence-corrected chi connectivity index (χ4v) is 2.11. The van der Waals surface area contributed by atoms with Crippen LogP contribution in [0.25, 0.3) is 0 Å². The Hall–Kier alpha value is -0.0500. The number of alkyl halides is 1. The molecule has 0 atom stereocenters. The fourth-order valence-electron chi connectivity index (χ4n) is 1.92. The molecule has 0 aliphatic heterocycles. The molecule has 0 saturated heterocycles. The standard InChI is InChI=1S/C10H17ClO2/c1-12-10(13-2)7-4-3-5-9(10)6-8-11/h6H,3-5,7-8H2,1-2H3/b9-6+. The summed E-state index contributed by atoms with van der Waals surface area (Å²) in [7, 11) is 3.38. The van der Waals surface area contributed by atoms with Crippen LogP contribution in [0, 0.1) is 0 Å². The van der Waals surface area contributed by atoms with E-state index in [9.17, 15) is 0 Å². The van der Waals surface area contributed by atoms with Crippen LogP contribution in [-0.4, -0.2) is 25.9 Å². The van der Waals surface area contributed by atoms with Crippen molar-refractivity contribution in [2.45, 2.75) is 31.5 Å². The predicted octanol–water partition coefficient (Wildman–Crippen LogP) is 2.71. The third-order valence-electron chi connectivity index (χ3n) is 2.67. The van der Waals surface area contributed by atoms with Crippen LogP contribution in [0.3, 0.4) is 0 Å². The zero-order valence-corrected chi connectivity index (χ0v) is 9.06. The van der Waals surface area contributed by atoms with Crippen molar-refractivity contribution >= 4 is 11.6 Å². The van der Waals surface area contributed by atoms with Gasteiger partial charge in [0.1, 0.15) is 0 Å². The number of hydrogen-bond acceptors (Lipinski definition) is 2. The molecule has 3 heteroatoms. The smallest absolute Gasteiger partial charge is 0.190 e. The van der Waals surface area contributed by atoms with Gasteiger partial charge in [-0.2, -0.15) is 0 Å². The first kappa shape index (κ1) is 11.0. The molecule has 1 saturated carbocycles. The number of rotatable bonds is 3. The molecule has 0 aromatic heterocycles. The second-order valence-electron chi connectivity index (χ2n) is 3.25. The summed E-state index contributed by atoms with van der Waals surface area (Å²) in [6, 6.07) is 0. The average molecular weight is 205 g/mol. The van der Waals surface area contributed by atoms with E-state index in [-0.39, 0.29) is 0 Å². The van der Waals surface area contributed by atoms with Gasteiger partial charge in [0, 0.05) is 26.5 Å². The van der Waals surface area contributed by atoms with E-state index in [1.807, 2.05) is 6.08 Å². The highest BCUT2D eigenvalue weighted by Crippen LogP contribution is 2.36. The molecule has 1 rings (SSSR count). The largest absolute Gasteiger partial charge is 0.349 e. The van der Waals surface area contributed by atoms with Crippen LogP contribution in [-0.2, 0) is 9.47 Å². The number of methoxy groups -OCH3 is 2. The van der Waals surface area contributed by atoms with Crippen LogP contribution >= 0.6 is 11.6 Å². The molecule has 0 amide bonds. The van der Waals surface area contributed by atoms with E-state index in [4.69, 9.17) is 21.1 Å². The van der Waals surface area contributed by atoms with E-state index in [2.05, 4.69) is 0 Å². The highest BCUT2D eigenvalue weighted by atomic mass is 35.5. The van der Waals surface area contributed by atoms with E-state index in [1.165, 1.54) is 12.0 Å². The molecule has 0 spiro atoms. The van der Waals surface area contributed by atoms with E-state index in [0.717, 1.165) is 19.3 Å². The number of halogens is 1. The topological polar surface area (TPSA) is 18.5 Å². The molecule has 1 fully saturated rings. The van der Waals surface area contributed by atoms with Gasteiger partial charge in [-0.05, 0) is 24.8 Å². The summed E-state index contributed by atoms with van der Waals surface area (Å²) in [5.74, 6) is 0.0386. The van der Waals surface area contributed by atoms with Crippen LogP contribution in [0.4, 0.5) is 0 Å². The minimum absolute atomic E-state index is 0.493. The van der Waals surface area contributed by atoms with Crippen molar-refractivity contribution < 1.29 is 9.47 Å². The molecule has 0 N–H and O–H groups in total. The number of ether oxygens (including phenoxy) is 2. The minimum Gasteiger partial charge on any atom is -0.349 e. The predicted molar refractivity (Wildman–Crippen MR) is 54.0 cm³/mol. The average Bonchev–Trinajstić information content (AvgIpc) is 2.20. The van der Waals surface area contributed by atoms with Crippen molar-refractivity contribution in [3.63, 3.8) is 0 Å². The normalized spacial score (nSPS) is 25.0. The van der Waals surface area contributed by atoms with E-state index >= 15 is 0 Å². The summed E-state index contributed by atoms with van der Waals surface area (Å²) in [5.41, 5.74) is 1.19. The Morgan fingerprint density at radius 2 is 2.08 bits per heavy atom. The Kier molecular flexibility index (Phi) is 4.23. The van der Waals surface area contributed by atoms with Gasteiger partial charge in [0.15, 0.2) is 5.79 Å². The first-order chi connectivity index (χ1) is 6.29. The van der Waals surface area contributed by atoms with Crippen LogP contribution in [0.2, 0.25) is 0 Å². The summed E-state index contributed by atoms with van der Waals surface area (Å²) in [5, 5.41) is 0. The van der Waals surface area contributed by atoms with Crippen LogP contribution in [0.5, 0.6) is 0 Å². The van der Waals surface area contributed by atoms with Gasteiger partial charge >= 0.3 is 0 Å². The lowest BCUT2D eigenvalue weighted by Crippen LogP contribution is -2.38. The van der Waals surface area contributed by atoms with Gasteiger partial charge in [-0.1, -0.05) is 6.08 Å². The van der Waals surface area contributed by atoms with Crippen molar-refractivity contribution in [1.82, 2.24) is 0 Å². The zero-order valence-electron chi connectivity index (χ0n) is 8.31. The van der Waals surface area contributed by atoms with Crippen molar-refractivity contribution in [3.05, 3.63) is 11.6 Å². The van der Waals surface area contributed by atoms with Crippen molar-refractivity contribution in [2.75, 3.05) is 20.1 Å². The molecule has 1 aliphatic rings. The summed E-state index contributed by atoms with van der Waals surface area (Å²) >= 11 is 5.69. The first-order valence-corrected chi connectivity index (χ1v) is 5.18. The molecule has 1 aliphatic carbocycles. The van der Waals surface area contributed by atoms with Gasteiger partial charge in [-0.3, -0.25) is 0 Å². The number of allylic oxidation sites excluding steroid dienone is 1. The van der Waals surface area contributed by atoms with Gasteiger partial charge in [0.2, 0.25) is 0 Å². The fraction of sp³-hybridized carbons (Fsp3) is 0.800. The summed E-state index contributed by atoms with van der Waals surface area (Å²) in [6.07, 6.45) is 6.34. The molecule has 0 heterocycles. The van der Waals surface area contributed by atoms with Crippen molar-refractivity contribution in [3.8, 4) is 0 Å². The molecule has 0 unspecified atom stereocenters. The molecule has 0 bridgehead atoms. The Morgan fingerprint density at radius 3 is 2.62 bits per heavy atom. The maximum atomic E-state index is 5.69. The van der Waals surface area contributed by atoms with Gasteiger partial charge in [-0.25, -0.2) is 0 Å². The molecular formula is C10H17ClO2. The Bertz CT molecular complexity index is 185. The highest BCUT2D eigenvalue weighted by Gasteiger charge is 2.35. The van der Waals surface area contributed by atoms with Gasteiger partial charge in [0.25, 0.3) is 0 Å². The van der Waals surface area contributed by atoms with E-state index in [0.29, 0.717) is 5.88 Å². The summed E-state index contributed by atoms with van der Waals surface area (Å²) < 4.78 is 10.9. The van der Waals surface area contributed by atoms with E-state index in [1.54, 1.807) is 14.2 Å². The lowest BCUT2D eigenvalue weighted by molar-refractivity contribution is -0.190. The van der Waals surface area contributed by atoms with Crippen LogP contribution in [0.1, 0.15) is 25.7 Å². The maximum Gasteiger partial charge on any atom is 0.190 e. The quantitative estimate of drug-likeness (QED) is 0.400. The maximum absolute atomic E-state index is 5.69.